The van der Waals surface area contributed by atoms with Crippen LogP contribution in [0.25, 0.3) is 0 Å². The number of carbonyl (C=O) groups is 1. The summed E-state index contributed by atoms with van der Waals surface area (Å²) in [6.07, 6.45) is 9.72. The minimum absolute atomic E-state index is 0.0484. The number of nitrogens with one attached hydrogen (secondary N) is 1. The third-order valence-electron chi connectivity index (χ3n) is 6.44. The first-order chi connectivity index (χ1) is 16.1. The van der Waals surface area contributed by atoms with Gasteiger partial charge in [0.2, 0.25) is 0 Å². The van der Waals surface area contributed by atoms with Gasteiger partial charge in [0.1, 0.15) is 5.56 Å². The van der Waals surface area contributed by atoms with E-state index < -0.39 is 0 Å². The number of nitrogens with zero attached hydrogens (tertiary/aromatic N) is 3. The van der Waals surface area contributed by atoms with Crippen LogP contribution in [0.3, 0.4) is 0 Å². The molecule has 1 aliphatic rings. The molecule has 2 aromatic heterocycles. The highest BCUT2D eigenvalue weighted by Gasteiger charge is 2.24. The van der Waals surface area contributed by atoms with Crippen molar-refractivity contribution in [3.05, 3.63) is 99.7 Å². The zero-order valence-corrected chi connectivity index (χ0v) is 19.2. The minimum Gasteiger partial charge on any atom is -0.350 e. The molecule has 1 aromatic carbocycles. The summed E-state index contributed by atoms with van der Waals surface area (Å²) in [5, 5.41) is 3.06. The summed E-state index contributed by atoms with van der Waals surface area (Å²) < 4.78 is 1.64. The lowest BCUT2D eigenvalue weighted by molar-refractivity contribution is 0.0921. The number of pyridine rings is 2. The Hall–Kier alpha value is -3.25. The lowest BCUT2D eigenvalue weighted by Gasteiger charge is -2.34. The van der Waals surface area contributed by atoms with Crippen molar-refractivity contribution in [1.82, 2.24) is 19.8 Å². The van der Waals surface area contributed by atoms with Gasteiger partial charge in [0.15, 0.2) is 0 Å². The third kappa shape index (κ3) is 5.76. The minimum atomic E-state index is -0.308. The summed E-state index contributed by atoms with van der Waals surface area (Å²) in [6.45, 7) is 4.82. The second-order valence-electron chi connectivity index (χ2n) is 8.72. The zero-order chi connectivity index (χ0) is 23.0. The fourth-order valence-corrected chi connectivity index (χ4v) is 4.55. The van der Waals surface area contributed by atoms with Crippen molar-refractivity contribution in [3.63, 3.8) is 0 Å². The molecule has 1 aliphatic heterocycles. The van der Waals surface area contributed by atoms with Gasteiger partial charge in [-0.2, -0.15) is 0 Å². The van der Waals surface area contributed by atoms with Gasteiger partial charge in [-0.05, 0) is 68.1 Å². The fraction of sp³-hybridized carbons (Fsp3) is 0.370. The summed E-state index contributed by atoms with van der Waals surface area (Å²) in [7, 11) is 0. The number of hydrogen-bond acceptors (Lipinski definition) is 4. The van der Waals surface area contributed by atoms with Crippen LogP contribution in [0.4, 0.5) is 0 Å². The molecule has 3 aromatic rings. The van der Waals surface area contributed by atoms with Crippen molar-refractivity contribution in [2.45, 2.75) is 45.2 Å². The summed E-state index contributed by atoms with van der Waals surface area (Å²) in [5.41, 5.74) is 2.94. The monoisotopic (exact) mass is 444 g/mol. The molecule has 1 amide bonds. The maximum Gasteiger partial charge on any atom is 0.263 e. The molecular formula is C27H32N4O2. The molecule has 33 heavy (non-hydrogen) atoms. The topological polar surface area (TPSA) is 67.2 Å². The van der Waals surface area contributed by atoms with Crippen molar-refractivity contribution in [2.75, 3.05) is 19.6 Å². The zero-order valence-electron chi connectivity index (χ0n) is 19.2. The molecule has 6 nitrogen and oxygen atoms in total. The molecular weight excluding hydrogens is 412 g/mol. The molecule has 1 saturated heterocycles. The molecule has 1 N–H and O–H groups in total. The van der Waals surface area contributed by atoms with Crippen molar-refractivity contribution in [1.29, 1.82) is 0 Å². The van der Waals surface area contributed by atoms with E-state index in [1.807, 2.05) is 55.6 Å². The van der Waals surface area contributed by atoms with Gasteiger partial charge in [0, 0.05) is 31.7 Å². The van der Waals surface area contributed by atoms with E-state index in [0.717, 1.165) is 43.5 Å². The predicted molar refractivity (Wildman–Crippen MR) is 130 cm³/mol. The maximum atomic E-state index is 13.2. The van der Waals surface area contributed by atoms with Gasteiger partial charge in [-0.3, -0.25) is 19.5 Å². The predicted octanol–water partition coefficient (Wildman–Crippen LogP) is 3.75. The van der Waals surface area contributed by atoms with E-state index in [4.69, 9.17) is 0 Å². The molecule has 0 radical (unpaired) electrons. The van der Waals surface area contributed by atoms with Gasteiger partial charge >= 0.3 is 0 Å². The van der Waals surface area contributed by atoms with Gasteiger partial charge in [0.05, 0.1) is 6.04 Å². The second kappa shape index (κ2) is 11.1. The van der Waals surface area contributed by atoms with Crippen LogP contribution in [0.1, 0.15) is 52.4 Å². The molecule has 1 unspecified atom stereocenters. The Balaban J connectivity index is 1.49. The molecule has 3 heterocycles. The molecule has 6 heteroatoms. The number of amides is 1. The van der Waals surface area contributed by atoms with Gasteiger partial charge in [-0.1, -0.05) is 42.8 Å². The first kappa shape index (κ1) is 22.9. The standard InChI is InChI=1S/C27H32N4O2/c1-21-12-17-31(18-13-22-9-4-2-5-10-22)27(33)25(21)26(32)29-20-24(23-11-8-14-28-19-23)30-15-6-3-7-16-30/h2,4-5,8-12,14,17,19,24H,3,6-7,13,15-16,18,20H2,1H3,(H,29,32). The van der Waals surface area contributed by atoms with Crippen LogP contribution in [0.2, 0.25) is 0 Å². The van der Waals surface area contributed by atoms with Crippen LogP contribution in [0.5, 0.6) is 0 Å². The number of aryl methyl sites for hydroxylation is 3. The van der Waals surface area contributed by atoms with Crippen molar-refractivity contribution < 1.29 is 4.79 Å². The van der Waals surface area contributed by atoms with Gasteiger partial charge in [-0.25, -0.2) is 0 Å². The number of piperidine rings is 1. The third-order valence-corrected chi connectivity index (χ3v) is 6.44. The Morgan fingerprint density at radius 3 is 2.58 bits per heavy atom. The SMILES string of the molecule is Cc1ccn(CCc2ccccc2)c(=O)c1C(=O)NCC(c1cccnc1)N1CCCCC1. The summed E-state index contributed by atoms with van der Waals surface area (Å²) in [4.78, 5) is 33.0. The first-order valence-electron chi connectivity index (χ1n) is 11.8. The number of hydrogen-bond donors (Lipinski definition) is 1. The van der Waals surface area contributed by atoms with E-state index in [2.05, 4.69) is 21.3 Å². The average Bonchev–Trinajstić information content (AvgIpc) is 2.86. The van der Waals surface area contributed by atoms with Crippen molar-refractivity contribution in [3.8, 4) is 0 Å². The van der Waals surface area contributed by atoms with E-state index in [0.29, 0.717) is 18.7 Å². The molecule has 1 atom stereocenters. The molecule has 172 valence electrons. The van der Waals surface area contributed by atoms with E-state index in [1.165, 1.54) is 6.42 Å². The van der Waals surface area contributed by atoms with Gasteiger partial charge < -0.3 is 9.88 Å². The summed E-state index contributed by atoms with van der Waals surface area (Å²) in [5.74, 6) is -0.308. The lowest BCUT2D eigenvalue weighted by Crippen LogP contribution is -2.42. The first-order valence-corrected chi connectivity index (χ1v) is 11.8. The Morgan fingerprint density at radius 2 is 1.85 bits per heavy atom. The highest BCUT2D eigenvalue weighted by Crippen LogP contribution is 2.23. The normalized spacial score (nSPS) is 15.2. The molecule has 0 aliphatic carbocycles. The smallest absolute Gasteiger partial charge is 0.263 e. The Labute approximate surface area is 195 Å². The highest BCUT2D eigenvalue weighted by atomic mass is 16.2. The van der Waals surface area contributed by atoms with Crippen LogP contribution in [0, 0.1) is 6.92 Å². The van der Waals surface area contributed by atoms with E-state index in [1.54, 1.807) is 17.0 Å². The molecule has 1 fully saturated rings. The van der Waals surface area contributed by atoms with Crippen LogP contribution < -0.4 is 10.9 Å². The number of likely N-dealkylation sites (tertiary alicyclic amines) is 1. The average molecular weight is 445 g/mol. The van der Waals surface area contributed by atoms with Crippen LogP contribution in [0.15, 0.2) is 71.9 Å². The van der Waals surface area contributed by atoms with E-state index >= 15 is 0 Å². The molecule has 0 bridgehead atoms. The van der Waals surface area contributed by atoms with Crippen molar-refractivity contribution in [2.24, 2.45) is 0 Å². The van der Waals surface area contributed by atoms with Gasteiger partial charge in [0.25, 0.3) is 11.5 Å². The second-order valence-corrected chi connectivity index (χ2v) is 8.72. The van der Waals surface area contributed by atoms with E-state index in [-0.39, 0.29) is 23.1 Å². The lowest BCUT2D eigenvalue weighted by atomic mass is 10.0. The molecule has 0 spiro atoms. The summed E-state index contributed by atoms with van der Waals surface area (Å²) >= 11 is 0. The number of benzene rings is 1. The quantitative estimate of drug-likeness (QED) is 0.575. The van der Waals surface area contributed by atoms with E-state index in [9.17, 15) is 9.59 Å². The Kier molecular flexibility index (Phi) is 7.68. The molecule has 4 rings (SSSR count). The van der Waals surface area contributed by atoms with Crippen LogP contribution in [-0.2, 0) is 13.0 Å². The van der Waals surface area contributed by atoms with Crippen LogP contribution in [-0.4, -0.2) is 40.0 Å². The Morgan fingerprint density at radius 1 is 1.06 bits per heavy atom. The largest absolute Gasteiger partial charge is 0.350 e. The number of rotatable bonds is 8. The number of aromatic nitrogens is 2. The van der Waals surface area contributed by atoms with Crippen LogP contribution >= 0.6 is 0 Å². The highest BCUT2D eigenvalue weighted by molar-refractivity contribution is 5.95. The Bertz CT molecular complexity index is 1110. The van der Waals surface area contributed by atoms with Gasteiger partial charge in [-0.15, -0.1) is 0 Å². The fourth-order valence-electron chi connectivity index (χ4n) is 4.55. The number of carbonyl (C=O) groups excluding carboxylic acids is 1. The molecule has 0 saturated carbocycles. The summed E-state index contributed by atoms with van der Waals surface area (Å²) in [6, 6.07) is 16.0. The van der Waals surface area contributed by atoms with Crippen molar-refractivity contribution >= 4 is 5.91 Å². The maximum absolute atomic E-state index is 13.2.